The van der Waals surface area contributed by atoms with Crippen LogP contribution in [0.2, 0.25) is 0 Å². The molecule has 0 aliphatic carbocycles. The molecule has 1 aromatic rings. The van der Waals surface area contributed by atoms with Crippen molar-refractivity contribution >= 4 is 11.6 Å². The van der Waals surface area contributed by atoms with Crippen LogP contribution in [0, 0.1) is 0 Å². The summed E-state index contributed by atoms with van der Waals surface area (Å²) in [5, 5.41) is 6.72. The second kappa shape index (κ2) is 4.52. The third-order valence-electron chi connectivity index (χ3n) is 2.70. The van der Waals surface area contributed by atoms with Crippen molar-refractivity contribution in [3.05, 3.63) is 11.9 Å². The molecule has 1 amide bonds. The SMILES string of the molecule is Cn1ncc(N)c1C(=O)NCC1CCCO1. The van der Waals surface area contributed by atoms with Crippen molar-refractivity contribution in [2.24, 2.45) is 7.05 Å². The number of amides is 1. The van der Waals surface area contributed by atoms with Gasteiger partial charge >= 0.3 is 0 Å². The molecular weight excluding hydrogens is 208 g/mol. The Morgan fingerprint density at radius 2 is 2.62 bits per heavy atom. The van der Waals surface area contributed by atoms with Crippen LogP contribution in [0.25, 0.3) is 0 Å². The lowest BCUT2D eigenvalue weighted by Crippen LogP contribution is -2.33. The van der Waals surface area contributed by atoms with E-state index in [1.165, 1.54) is 10.9 Å². The summed E-state index contributed by atoms with van der Waals surface area (Å²) in [6.45, 7) is 1.32. The Kier molecular flexibility index (Phi) is 3.09. The molecule has 1 unspecified atom stereocenters. The summed E-state index contributed by atoms with van der Waals surface area (Å²) in [4.78, 5) is 11.8. The molecular formula is C10H16N4O2. The number of carbonyl (C=O) groups is 1. The molecule has 0 aromatic carbocycles. The fraction of sp³-hybridized carbons (Fsp3) is 0.600. The monoisotopic (exact) mass is 224 g/mol. The van der Waals surface area contributed by atoms with E-state index in [0.29, 0.717) is 17.9 Å². The molecule has 1 saturated heterocycles. The lowest BCUT2D eigenvalue weighted by Gasteiger charge is -2.11. The van der Waals surface area contributed by atoms with Crippen LogP contribution in [-0.2, 0) is 11.8 Å². The molecule has 1 atom stereocenters. The number of hydrogen-bond donors (Lipinski definition) is 2. The maximum atomic E-state index is 11.8. The van der Waals surface area contributed by atoms with Gasteiger partial charge in [-0.1, -0.05) is 0 Å². The highest BCUT2D eigenvalue weighted by Gasteiger charge is 2.19. The highest BCUT2D eigenvalue weighted by molar-refractivity contribution is 5.97. The average Bonchev–Trinajstić information content (AvgIpc) is 2.86. The van der Waals surface area contributed by atoms with E-state index in [2.05, 4.69) is 10.4 Å². The molecule has 0 radical (unpaired) electrons. The van der Waals surface area contributed by atoms with Gasteiger partial charge in [0.2, 0.25) is 0 Å². The first-order chi connectivity index (χ1) is 7.68. The minimum Gasteiger partial charge on any atom is -0.396 e. The Labute approximate surface area is 93.8 Å². The quantitative estimate of drug-likeness (QED) is 0.751. The minimum atomic E-state index is -0.201. The maximum Gasteiger partial charge on any atom is 0.271 e. The van der Waals surface area contributed by atoms with Gasteiger partial charge < -0.3 is 15.8 Å². The first-order valence-electron chi connectivity index (χ1n) is 5.35. The van der Waals surface area contributed by atoms with E-state index in [4.69, 9.17) is 10.5 Å². The topological polar surface area (TPSA) is 82.2 Å². The van der Waals surface area contributed by atoms with E-state index in [0.717, 1.165) is 19.4 Å². The largest absolute Gasteiger partial charge is 0.396 e. The standard InChI is InChI=1S/C10H16N4O2/c1-14-9(8(11)6-13-14)10(15)12-5-7-3-2-4-16-7/h6-7H,2-5,11H2,1H3,(H,12,15). The number of ether oxygens (including phenoxy) is 1. The smallest absolute Gasteiger partial charge is 0.271 e. The van der Waals surface area contributed by atoms with Crippen molar-refractivity contribution in [2.45, 2.75) is 18.9 Å². The molecule has 1 fully saturated rings. The predicted molar refractivity (Wildman–Crippen MR) is 58.9 cm³/mol. The molecule has 0 bridgehead atoms. The molecule has 6 nitrogen and oxygen atoms in total. The molecule has 16 heavy (non-hydrogen) atoms. The van der Waals surface area contributed by atoms with E-state index < -0.39 is 0 Å². The molecule has 6 heteroatoms. The average molecular weight is 224 g/mol. The number of anilines is 1. The summed E-state index contributed by atoms with van der Waals surface area (Å²) in [5.41, 5.74) is 6.45. The second-order valence-electron chi connectivity index (χ2n) is 3.92. The number of aryl methyl sites for hydroxylation is 1. The van der Waals surface area contributed by atoms with Gasteiger partial charge in [0.1, 0.15) is 5.69 Å². The van der Waals surface area contributed by atoms with Crippen molar-refractivity contribution in [1.29, 1.82) is 0 Å². The number of nitrogens with one attached hydrogen (secondary N) is 1. The van der Waals surface area contributed by atoms with Crippen molar-refractivity contribution in [2.75, 3.05) is 18.9 Å². The van der Waals surface area contributed by atoms with Gasteiger partial charge in [0, 0.05) is 20.2 Å². The molecule has 0 spiro atoms. The highest BCUT2D eigenvalue weighted by atomic mass is 16.5. The molecule has 2 heterocycles. The van der Waals surface area contributed by atoms with Crippen LogP contribution in [0.5, 0.6) is 0 Å². The van der Waals surface area contributed by atoms with E-state index >= 15 is 0 Å². The van der Waals surface area contributed by atoms with Crippen LogP contribution in [-0.4, -0.2) is 34.9 Å². The summed E-state index contributed by atoms with van der Waals surface area (Å²) in [7, 11) is 1.69. The van der Waals surface area contributed by atoms with Gasteiger partial charge in [0.05, 0.1) is 18.0 Å². The fourth-order valence-electron chi connectivity index (χ4n) is 1.83. The summed E-state index contributed by atoms with van der Waals surface area (Å²) < 4.78 is 6.89. The van der Waals surface area contributed by atoms with E-state index in [-0.39, 0.29) is 12.0 Å². The number of nitrogens with two attached hydrogens (primary N) is 1. The zero-order valence-electron chi connectivity index (χ0n) is 9.27. The Balaban J connectivity index is 1.92. The molecule has 88 valence electrons. The second-order valence-corrected chi connectivity index (χ2v) is 3.92. The van der Waals surface area contributed by atoms with Crippen LogP contribution in [0.4, 0.5) is 5.69 Å². The number of carbonyl (C=O) groups excluding carboxylic acids is 1. The number of nitrogen functional groups attached to an aromatic ring is 1. The number of hydrogen-bond acceptors (Lipinski definition) is 4. The van der Waals surface area contributed by atoms with E-state index in [1.54, 1.807) is 7.05 Å². The first-order valence-corrected chi connectivity index (χ1v) is 5.35. The van der Waals surface area contributed by atoms with Crippen molar-refractivity contribution < 1.29 is 9.53 Å². The van der Waals surface area contributed by atoms with Crippen molar-refractivity contribution in [3.8, 4) is 0 Å². The Hall–Kier alpha value is -1.56. The summed E-state index contributed by atoms with van der Waals surface area (Å²) in [5.74, 6) is -0.201. The van der Waals surface area contributed by atoms with Gasteiger partial charge in [-0.3, -0.25) is 9.48 Å². The molecule has 1 aromatic heterocycles. The molecule has 3 N–H and O–H groups in total. The predicted octanol–water partition coefficient (Wildman–Crippen LogP) is -0.0889. The van der Waals surface area contributed by atoms with Crippen LogP contribution < -0.4 is 11.1 Å². The number of rotatable bonds is 3. The van der Waals surface area contributed by atoms with Crippen LogP contribution >= 0.6 is 0 Å². The highest BCUT2D eigenvalue weighted by Crippen LogP contribution is 2.12. The fourth-order valence-corrected chi connectivity index (χ4v) is 1.83. The Morgan fingerprint density at radius 1 is 1.81 bits per heavy atom. The number of aromatic nitrogens is 2. The van der Waals surface area contributed by atoms with Crippen LogP contribution in [0.3, 0.4) is 0 Å². The third-order valence-corrected chi connectivity index (χ3v) is 2.70. The normalized spacial score (nSPS) is 19.9. The molecule has 1 aliphatic rings. The maximum absolute atomic E-state index is 11.8. The van der Waals surface area contributed by atoms with Gasteiger partial charge in [-0.15, -0.1) is 0 Å². The summed E-state index contributed by atoms with van der Waals surface area (Å²) >= 11 is 0. The van der Waals surface area contributed by atoms with E-state index in [9.17, 15) is 4.79 Å². The van der Waals surface area contributed by atoms with Gasteiger partial charge in [0.15, 0.2) is 0 Å². The summed E-state index contributed by atoms with van der Waals surface area (Å²) in [6, 6.07) is 0. The minimum absolute atomic E-state index is 0.137. The van der Waals surface area contributed by atoms with Gasteiger partial charge in [-0.05, 0) is 12.8 Å². The van der Waals surface area contributed by atoms with Gasteiger partial charge in [-0.2, -0.15) is 5.10 Å². The van der Waals surface area contributed by atoms with Crippen LogP contribution in [0.1, 0.15) is 23.3 Å². The van der Waals surface area contributed by atoms with Gasteiger partial charge in [0.25, 0.3) is 5.91 Å². The molecule has 2 rings (SSSR count). The van der Waals surface area contributed by atoms with E-state index in [1.807, 2.05) is 0 Å². The molecule has 0 saturated carbocycles. The number of nitrogens with zero attached hydrogens (tertiary/aromatic N) is 2. The zero-order chi connectivity index (χ0) is 11.5. The Morgan fingerprint density at radius 3 is 3.19 bits per heavy atom. The van der Waals surface area contributed by atoms with Crippen molar-refractivity contribution in [3.63, 3.8) is 0 Å². The first kappa shape index (κ1) is 10.9. The zero-order valence-corrected chi connectivity index (χ0v) is 9.27. The Bertz CT molecular complexity index is 363. The summed E-state index contributed by atoms with van der Waals surface area (Å²) in [6.07, 6.45) is 3.68. The lowest BCUT2D eigenvalue weighted by atomic mass is 10.2. The third kappa shape index (κ3) is 2.16. The van der Waals surface area contributed by atoms with Crippen molar-refractivity contribution in [1.82, 2.24) is 15.1 Å². The van der Waals surface area contributed by atoms with Gasteiger partial charge in [-0.25, -0.2) is 0 Å². The molecule has 1 aliphatic heterocycles. The lowest BCUT2D eigenvalue weighted by molar-refractivity contribution is 0.0851. The van der Waals surface area contributed by atoms with Crippen LogP contribution in [0.15, 0.2) is 6.20 Å².